The fraction of sp³-hybridized carbons (Fsp3) is 0.105. The molecule has 0 unspecified atom stereocenters. The van der Waals surface area contributed by atoms with E-state index >= 15 is 0 Å². The Morgan fingerprint density at radius 2 is 1.96 bits per heavy atom. The van der Waals surface area contributed by atoms with Crippen LogP contribution in [0.2, 0.25) is 0 Å². The first-order valence-electron chi connectivity index (χ1n) is 7.98. The molecule has 3 rings (SSSR count). The van der Waals surface area contributed by atoms with Gasteiger partial charge in [0, 0.05) is 16.1 Å². The summed E-state index contributed by atoms with van der Waals surface area (Å²) >= 11 is 4.55. The Bertz CT molecular complexity index is 1010. The van der Waals surface area contributed by atoms with Crippen molar-refractivity contribution >= 4 is 39.3 Å². The first-order valence-corrected chi connectivity index (χ1v) is 9.76. The van der Waals surface area contributed by atoms with Crippen molar-refractivity contribution in [3.8, 4) is 17.0 Å². The molecule has 27 heavy (non-hydrogen) atoms. The Hall–Kier alpha value is -2.58. The number of ether oxygens (including phenoxy) is 1. The summed E-state index contributed by atoms with van der Waals surface area (Å²) in [6.07, 6.45) is 0. The number of H-pyrrole nitrogens is 1. The third kappa shape index (κ3) is 5.21. The Balaban J connectivity index is 1.70. The van der Waals surface area contributed by atoms with Crippen molar-refractivity contribution < 1.29 is 9.53 Å². The summed E-state index contributed by atoms with van der Waals surface area (Å²) in [6, 6.07) is 16.0. The van der Waals surface area contributed by atoms with E-state index in [4.69, 9.17) is 4.74 Å². The molecule has 3 aromatic rings. The van der Waals surface area contributed by atoms with Crippen molar-refractivity contribution in [3.05, 3.63) is 69.4 Å². The lowest BCUT2D eigenvalue weighted by molar-refractivity contribution is -0.113. The Morgan fingerprint density at radius 1 is 1.22 bits per heavy atom. The number of hydrogen-bond donors (Lipinski definition) is 2. The molecule has 2 aromatic carbocycles. The van der Waals surface area contributed by atoms with E-state index in [1.807, 2.05) is 30.3 Å². The van der Waals surface area contributed by atoms with Crippen LogP contribution in [0.15, 0.2) is 69.0 Å². The minimum Gasteiger partial charge on any atom is -0.497 e. The highest BCUT2D eigenvalue weighted by Gasteiger charge is 2.09. The third-order valence-corrected chi connectivity index (χ3v) is 5.16. The van der Waals surface area contributed by atoms with Gasteiger partial charge in [-0.2, -0.15) is 0 Å². The molecular formula is C19H16BrN3O3S. The molecule has 1 amide bonds. The molecule has 138 valence electrons. The van der Waals surface area contributed by atoms with Crippen LogP contribution < -0.4 is 15.6 Å². The number of nitrogens with zero attached hydrogens (tertiary/aromatic N) is 1. The van der Waals surface area contributed by atoms with Crippen LogP contribution in [0.5, 0.6) is 5.75 Å². The predicted molar refractivity (Wildman–Crippen MR) is 110 cm³/mol. The first kappa shape index (κ1) is 19.2. The fourth-order valence-electron chi connectivity index (χ4n) is 2.30. The van der Waals surface area contributed by atoms with Gasteiger partial charge in [0.2, 0.25) is 5.91 Å². The van der Waals surface area contributed by atoms with Gasteiger partial charge in [-0.1, -0.05) is 23.9 Å². The van der Waals surface area contributed by atoms with E-state index < -0.39 is 0 Å². The SMILES string of the molecule is COc1ccc(-c2cc(=O)[nH]c(SCC(=O)Nc3ccccc3Br)n2)cc1. The monoisotopic (exact) mass is 445 g/mol. The number of thioether (sulfide) groups is 1. The van der Waals surface area contributed by atoms with E-state index in [1.165, 1.54) is 17.8 Å². The van der Waals surface area contributed by atoms with Crippen molar-refractivity contribution in [3.63, 3.8) is 0 Å². The number of anilines is 1. The van der Waals surface area contributed by atoms with E-state index in [0.29, 0.717) is 16.5 Å². The first-order chi connectivity index (χ1) is 13.0. The lowest BCUT2D eigenvalue weighted by Crippen LogP contribution is -2.15. The molecular weight excluding hydrogens is 430 g/mol. The second kappa shape index (κ2) is 8.88. The molecule has 0 radical (unpaired) electrons. The van der Waals surface area contributed by atoms with Gasteiger partial charge < -0.3 is 15.0 Å². The van der Waals surface area contributed by atoms with Crippen LogP contribution in [-0.4, -0.2) is 28.7 Å². The van der Waals surface area contributed by atoms with Crippen LogP contribution >= 0.6 is 27.7 Å². The Morgan fingerprint density at radius 3 is 2.67 bits per heavy atom. The van der Waals surface area contributed by atoms with Crippen LogP contribution in [-0.2, 0) is 4.79 Å². The normalized spacial score (nSPS) is 10.4. The number of carbonyl (C=O) groups is 1. The van der Waals surface area contributed by atoms with Gasteiger partial charge >= 0.3 is 0 Å². The predicted octanol–water partition coefficient (Wildman–Crippen LogP) is 3.94. The fourth-order valence-corrected chi connectivity index (χ4v) is 3.36. The van der Waals surface area contributed by atoms with Crippen LogP contribution in [0.3, 0.4) is 0 Å². The number of hydrogen-bond acceptors (Lipinski definition) is 5. The lowest BCUT2D eigenvalue weighted by atomic mass is 10.1. The number of rotatable bonds is 6. The zero-order valence-corrected chi connectivity index (χ0v) is 16.8. The summed E-state index contributed by atoms with van der Waals surface area (Å²) in [5.74, 6) is 0.655. The number of methoxy groups -OCH3 is 1. The van der Waals surface area contributed by atoms with Gasteiger partial charge in [-0.15, -0.1) is 0 Å². The van der Waals surface area contributed by atoms with Crippen molar-refractivity contribution in [1.29, 1.82) is 0 Å². The maximum atomic E-state index is 12.2. The minimum absolute atomic E-state index is 0.121. The molecule has 0 aliphatic heterocycles. The maximum Gasteiger partial charge on any atom is 0.252 e. The van der Waals surface area contributed by atoms with Gasteiger partial charge in [0.1, 0.15) is 5.75 Å². The Labute approximate surface area is 168 Å². The van der Waals surface area contributed by atoms with Crippen LogP contribution in [0.25, 0.3) is 11.3 Å². The molecule has 0 fully saturated rings. The van der Waals surface area contributed by atoms with E-state index in [-0.39, 0.29) is 17.2 Å². The zero-order valence-electron chi connectivity index (χ0n) is 14.4. The van der Waals surface area contributed by atoms with Gasteiger partial charge in [-0.05, 0) is 52.3 Å². The molecule has 0 saturated carbocycles. The van der Waals surface area contributed by atoms with Crippen LogP contribution in [0, 0.1) is 0 Å². The standard InChI is InChI=1S/C19H16BrN3O3S/c1-26-13-8-6-12(7-9-13)16-10-17(24)23-19(22-16)27-11-18(25)21-15-5-3-2-4-14(15)20/h2-10H,11H2,1H3,(H,21,25)(H,22,23,24). The molecule has 2 N–H and O–H groups in total. The quantitative estimate of drug-likeness (QED) is 0.443. The topological polar surface area (TPSA) is 84.1 Å². The van der Waals surface area contributed by atoms with E-state index in [9.17, 15) is 9.59 Å². The highest BCUT2D eigenvalue weighted by molar-refractivity contribution is 9.10. The van der Waals surface area contributed by atoms with E-state index in [1.54, 1.807) is 25.3 Å². The summed E-state index contributed by atoms with van der Waals surface area (Å²) in [5.41, 5.74) is 1.75. The van der Waals surface area contributed by atoms with Crippen molar-refractivity contribution in [1.82, 2.24) is 9.97 Å². The van der Waals surface area contributed by atoms with Crippen LogP contribution in [0.4, 0.5) is 5.69 Å². The van der Waals surface area contributed by atoms with Crippen molar-refractivity contribution in [2.24, 2.45) is 0 Å². The molecule has 0 bridgehead atoms. The van der Waals surface area contributed by atoms with E-state index in [0.717, 1.165) is 15.8 Å². The van der Waals surface area contributed by atoms with Gasteiger partial charge in [0.25, 0.3) is 5.56 Å². The molecule has 0 saturated heterocycles. The summed E-state index contributed by atoms with van der Waals surface area (Å²) in [4.78, 5) is 31.2. The third-order valence-electron chi connectivity index (χ3n) is 3.59. The molecule has 0 atom stereocenters. The average molecular weight is 446 g/mol. The molecule has 0 aliphatic rings. The van der Waals surface area contributed by atoms with Gasteiger partial charge in [-0.3, -0.25) is 9.59 Å². The molecule has 1 aromatic heterocycles. The van der Waals surface area contributed by atoms with Crippen molar-refractivity contribution in [2.75, 3.05) is 18.2 Å². The van der Waals surface area contributed by atoms with Crippen LogP contribution in [0.1, 0.15) is 0 Å². The summed E-state index contributed by atoms with van der Waals surface area (Å²) in [7, 11) is 1.59. The highest BCUT2D eigenvalue weighted by atomic mass is 79.9. The summed E-state index contributed by atoms with van der Waals surface area (Å²) in [6.45, 7) is 0. The number of carbonyl (C=O) groups excluding carboxylic acids is 1. The average Bonchev–Trinajstić information content (AvgIpc) is 2.68. The number of halogens is 1. The smallest absolute Gasteiger partial charge is 0.252 e. The van der Waals surface area contributed by atoms with Gasteiger partial charge in [0.15, 0.2) is 5.16 Å². The van der Waals surface area contributed by atoms with Gasteiger partial charge in [-0.25, -0.2) is 4.98 Å². The highest BCUT2D eigenvalue weighted by Crippen LogP contribution is 2.23. The van der Waals surface area contributed by atoms with Gasteiger partial charge in [0.05, 0.1) is 24.2 Å². The Kier molecular flexibility index (Phi) is 6.31. The summed E-state index contributed by atoms with van der Waals surface area (Å²) in [5, 5.41) is 3.20. The minimum atomic E-state index is -0.274. The molecule has 0 spiro atoms. The van der Waals surface area contributed by atoms with E-state index in [2.05, 4.69) is 31.2 Å². The number of benzene rings is 2. The molecule has 8 heteroatoms. The molecule has 6 nitrogen and oxygen atoms in total. The summed E-state index contributed by atoms with van der Waals surface area (Å²) < 4.78 is 5.94. The number of para-hydroxylation sites is 1. The number of aromatic amines is 1. The van der Waals surface area contributed by atoms with Crippen molar-refractivity contribution in [2.45, 2.75) is 5.16 Å². The second-order valence-electron chi connectivity index (χ2n) is 5.48. The lowest BCUT2D eigenvalue weighted by Gasteiger charge is -2.07. The molecule has 0 aliphatic carbocycles. The maximum absolute atomic E-state index is 12.2. The largest absolute Gasteiger partial charge is 0.497 e. The number of amides is 1. The molecule has 1 heterocycles. The number of aromatic nitrogens is 2. The zero-order chi connectivity index (χ0) is 19.2. The number of nitrogens with one attached hydrogen (secondary N) is 2. The second-order valence-corrected chi connectivity index (χ2v) is 7.30.